The summed E-state index contributed by atoms with van der Waals surface area (Å²) in [6.07, 6.45) is -1.01. The first kappa shape index (κ1) is 20.0. The SMILES string of the molecule is COCc1c(C(=O)O[C@H](C)C(=O)Nc2ccc(C)cc2)sc2cccc(F)c12. The molecule has 0 unspecified atom stereocenters. The number of nitrogens with one attached hydrogen (secondary N) is 1. The van der Waals surface area contributed by atoms with Crippen molar-refractivity contribution in [1.29, 1.82) is 0 Å². The molecule has 0 radical (unpaired) electrons. The molecular weight excluding hydrogens is 381 g/mol. The lowest BCUT2D eigenvalue weighted by Crippen LogP contribution is -2.30. The molecule has 146 valence electrons. The Kier molecular flexibility index (Phi) is 6.06. The van der Waals surface area contributed by atoms with Crippen molar-refractivity contribution in [3.63, 3.8) is 0 Å². The van der Waals surface area contributed by atoms with Gasteiger partial charge in [-0.2, -0.15) is 0 Å². The summed E-state index contributed by atoms with van der Waals surface area (Å²) in [4.78, 5) is 25.2. The van der Waals surface area contributed by atoms with E-state index in [2.05, 4.69) is 5.32 Å². The number of ether oxygens (including phenoxy) is 2. The van der Waals surface area contributed by atoms with Crippen LogP contribution in [0.25, 0.3) is 10.1 Å². The van der Waals surface area contributed by atoms with Gasteiger partial charge in [0, 0.05) is 28.4 Å². The molecule has 0 saturated carbocycles. The molecular formula is C21H20FNO4S. The number of aryl methyl sites for hydroxylation is 1. The number of rotatable bonds is 6. The van der Waals surface area contributed by atoms with Crippen LogP contribution in [0.4, 0.5) is 10.1 Å². The molecule has 5 nitrogen and oxygen atoms in total. The number of fused-ring (bicyclic) bond motifs is 1. The number of hydrogen-bond acceptors (Lipinski definition) is 5. The zero-order chi connectivity index (χ0) is 20.3. The van der Waals surface area contributed by atoms with Gasteiger partial charge in [-0.25, -0.2) is 9.18 Å². The average Bonchev–Trinajstić information content (AvgIpc) is 3.04. The molecule has 28 heavy (non-hydrogen) atoms. The van der Waals surface area contributed by atoms with E-state index >= 15 is 0 Å². The van der Waals surface area contributed by atoms with Crippen molar-refractivity contribution in [3.05, 3.63) is 64.3 Å². The third-order valence-electron chi connectivity index (χ3n) is 4.21. The number of hydrogen-bond donors (Lipinski definition) is 1. The van der Waals surface area contributed by atoms with Crippen molar-refractivity contribution >= 4 is 39.0 Å². The van der Waals surface area contributed by atoms with Gasteiger partial charge in [-0.05, 0) is 38.1 Å². The maximum absolute atomic E-state index is 14.2. The predicted octanol–water partition coefficient (Wildman–Crippen LogP) is 4.68. The van der Waals surface area contributed by atoms with Crippen LogP contribution in [0.1, 0.15) is 27.7 Å². The third-order valence-corrected chi connectivity index (χ3v) is 5.39. The third kappa shape index (κ3) is 4.21. The lowest BCUT2D eigenvalue weighted by molar-refractivity contribution is -0.123. The first-order chi connectivity index (χ1) is 13.4. The number of esters is 1. The molecule has 0 spiro atoms. The van der Waals surface area contributed by atoms with E-state index in [1.54, 1.807) is 24.3 Å². The molecule has 7 heteroatoms. The van der Waals surface area contributed by atoms with Gasteiger partial charge in [0.1, 0.15) is 10.7 Å². The highest BCUT2D eigenvalue weighted by Crippen LogP contribution is 2.34. The van der Waals surface area contributed by atoms with Crippen LogP contribution in [0.5, 0.6) is 0 Å². The average molecular weight is 401 g/mol. The second-order valence-electron chi connectivity index (χ2n) is 6.36. The quantitative estimate of drug-likeness (QED) is 0.609. The van der Waals surface area contributed by atoms with E-state index < -0.39 is 23.8 Å². The number of benzene rings is 2. The summed E-state index contributed by atoms with van der Waals surface area (Å²) in [6, 6.07) is 11.9. The van der Waals surface area contributed by atoms with Crippen LogP contribution in [-0.2, 0) is 20.9 Å². The number of carbonyl (C=O) groups excluding carboxylic acids is 2. The number of anilines is 1. The highest BCUT2D eigenvalue weighted by atomic mass is 32.1. The minimum Gasteiger partial charge on any atom is -0.448 e. The van der Waals surface area contributed by atoms with Gasteiger partial charge < -0.3 is 14.8 Å². The second kappa shape index (κ2) is 8.50. The van der Waals surface area contributed by atoms with Crippen molar-refractivity contribution in [2.75, 3.05) is 12.4 Å². The molecule has 1 amide bonds. The van der Waals surface area contributed by atoms with Gasteiger partial charge in [-0.15, -0.1) is 11.3 Å². The van der Waals surface area contributed by atoms with Crippen LogP contribution < -0.4 is 5.32 Å². The highest BCUT2D eigenvalue weighted by molar-refractivity contribution is 7.21. The van der Waals surface area contributed by atoms with Gasteiger partial charge in [-0.3, -0.25) is 4.79 Å². The molecule has 3 aromatic rings. The number of halogens is 1. The summed E-state index contributed by atoms with van der Waals surface area (Å²) in [7, 11) is 1.47. The molecule has 0 aliphatic carbocycles. The van der Waals surface area contributed by atoms with Crippen molar-refractivity contribution in [3.8, 4) is 0 Å². The zero-order valence-corrected chi connectivity index (χ0v) is 16.6. The number of methoxy groups -OCH3 is 1. The fourth-order valence-corrected chi connectivity index (χ4v) is 3.87. The molecule has 2 aromatic carbocycles. The smallest absolute Gasteiger partial charge is 0.349 e. The Morgan fingerprint density at radius 1 is 1.18 bits per heavy atom. The summed E-state index contributed by atoms with van der Waals surface area (Å²) in [5.74, 6) is -1.55. The zero-order valence-electron chi connectivity index (χ0n) is 15.7. The summed E-state index contributed by atoms with van der Waals surface area (Å²) in [6.45, 7) is 3.50. The Bertz CT molecular complexity index is 1010. The Morgan fingerprint density at radius 3 is 2.57 bits per heavy atom. The van der Waals surface area contributed by atoms with E-state index in [9.17, 15) is 14.0 Å². The first-order valence-electron chi connectivity index (χ1n) is 8.68. The van der Waals surface area contributed by atoms with Gasteiger partial charge >= 0.3 is 5.97 Å². The van der Waals surface area contributed by atoms with E-state index in [4.69, 9.17) is 9.47 Å². The highest BCUT2D eigenvalue weighted by Gasteiger charge is 2.25. The molecule has 0 aliphatic heterocycles. The fraction of sp³-hybridized carbons (Fsp3) is 0.238. The van der Waals surface area contributed by atoms with Crippen LogP contribution in [0.3, 0.4) is 0 Å². The van der Waals surface area contributed by atoms with E-state index in [0.29, 0.717) is 21.3 Å². The van der Waals surface area contributed by atoms with Crippen LogP contribution in [0.2, 0.25) is 0 Å². The lowest BCUT2D eigenvalue weighted by atomic mass is 10.1. The van der Waals surface area contributed by atoms with Crippen LogP contribution in [0, 0.1) is 12.7 Å². The molecule has 1 atom stereocenters. The molecule has 0 saturated heterocycles. The maximum atomic E-state index is 14.2. The fourth-order valence-electron chi connectivity index (χ4n) is 2.76. The minimum absolute atomic E-state index is 0.0648. The van der Waals surface area contributed by atoms with Gasteiger partial charge in [-0.1, -0.05) is 23.8 Å². The van der Waals surface area contributed by atoms with Gasteiger partial charge in [0.15, 0.2) is 6.10 Å². The standard InChI is InChI=1S/C21H20FNO4S/c1-12-7-9-14(10-8-12)23-20(24)13(2)27-21(25)19-15(11-26-3)18-16(22)5-4-6-17(18)28-19/h4-10,13H,11H2,1-3H3,(H,23,24)/t13-/m1/s1. The normalized spacial score (nSPS) is 12.0. The van der Waals surface area contributed by atoms with E-state index in [0.717, 1.165) is 16.9 Å². The van der Waals surface area contributed by atoms with E-state index in [1.807, 2.05) is 19.1 Å². The van der Waals surface area contributed by atoms with Crippen LogP contribution in [0.15, 0.2) is 42.5 Å². The summed E-state index contributed by atoms with van der Waals surface area (Å²) in [5.41, 5.74) is 2.11. The van der Waals surface area contributed by atoms with Crippen molar-refractivity contribution in [2.24, 2.45) is 0 Å². The minimum atomic E-state index is -1.01. The Morgan fingerprint density at radius 2 is 1.89 bits per heavy atom. The van der Waals surface area contributed by atoms with Gasteiger partial charge in [0.25, 0.3) is 5.91 Å². The Hall–Kier alpha value is -2.77. The van der Waals surface area contributed by atoms with Gasteiger partial charge in [0.05, 0.1) is 6.61 Å². The summed E-state index contributed by atoms with van der Waals surface area (Å²) in [5, 5.41) is 3.05. The van der Waals surface area contributed by atoms with Crippen LogP contribution in [-0.4, -0.2) is 25.1 Å². The largest absolute Gasteiger partial charge is 0.448 e. The molecule has 1 aromatic heterocycles. The van der Waals surface area contributed by atoms with E-state index in [1.165, 1.54) is 20.1 Å². The van der Waals surface area contributed by atoms with E-state index in [-0.39, 0.29) is 11.5 Å². The maximum Gasteiger partial charge on any atom is 0.349 e. The Labute approximate surface area is 166 Å². The monoisotopic (exact) mass is 401 g/mol. The molecule has 1 N–H and O–H groups in total. The second-order valence-corrected chi connectivity index (χ2v) is 7.41. The lowest BCUT2D eigenvalue weighted by Gasteiger charge is -2.14. The van der Waals surface area contributed by atoms with Crippen molar-refractivity contribution in [2.45, 2.75) is 26.6 Å². The first-order valence-corrected chi connectivity index (χ1v) is 9.49. The molecule has 0 fully saturated rings. The van der Waals surface area contributed by atoms with Crippen molar-refractivity contribution < 1.29 is 23.5 Å². The van der Waals surface area contributed by atoms with Crippen LogP contribution >= 0.6 is 11.3 Å². The molecule has 0 bridgehead atoms. The predicted molar refractivity (Wildman–Crippen MR) is 107 cm³/mol. The number of carbonyl (C=O) groups is 2. The summed E-state index contributed by atoms with van der Waals surface area (Å²) >= 11 is 1.12. The molecule has 0 aliphatic rings. The number of thiophene rings is 1. The molecule has 3 rings (SSSR count). The van der Waals surface area contributed by atoms with Crippen molar-refractivity contribution in [1.82, 2.24) is 0 Å². The topological polar surface area (TPSA) is 64.6 Å². The van der Waals surface area contributed by atoms with Gasteiger partial charge in [0.2, 0.25) is 0 Å². The number of amides is 1. The molecule has 1 heterocycles. The Balaban J connectivity index is 1.78. The summed E-state index contributed by atoms with van der Waals surface area (Å²) < 4.78 is 25.3.